The maximum atomic E-state index is 12.4. The van der Waals surface area contributed by atoms with Crippen LogP contribution in [0.15, 0.2) is 109 Å². The van der Waals surface area contributed by atoms with Crippen molar-refractivity contribution < 1.29 is 42.7 Å². The van der Waals surface area contributed by atoms with Crippen LogP contribution < -0.4 is 33.7 Å². The number of rotatable bonds is 7. The van der Waals surface area contributed by atoms with Gasteiger partial charge in [-0.3, -0.25) is 19.9 Å². The standard InChI is InChI=1S/C38H42N2O6.C16H13N3O3/c1-39-15-13-25-20-32(42-4)34-22-28(25)29(39)17-23-7-10-27(11-8-23)45-33-19-24(9-12-31(33)41-3)18-30-36-26(14-16-40(30)2)21-35(43-5)37(44-6)38(36)46-34;1-22-16(21)19-15-17-12-8-7-11(9-13(12)18-15)14(20)10-5-3-2-4-6-10/h7-12,19-22,29-30H,13-18H2,1-6H3;2-9H,1H3,(H2,17,18,19,21). The van der Waals surface area contributed by atoms with Gasteiger partial charge < -0.3 is 38.1 Å². The minimum Gasteiger partial charge on any atom is -0.493 e. The van der Waals surface area contributed by atoms with Crippen molar-refractivity contribution in [3.63, 3.8) is 0 Å². The molecule has 0 saturated heterocycles. The van der Waals surface area contributed by atoms with Crippen LogP contribution in [0.3, 0.4) is 0 Å². The summed E-state index contributed by atoms with van der Waals surface area (Å²) in [6.07, 6.45) is 2.76. The van der Waals surface area contributed by atoms with Gasteiger partial charge in [-0.25, -0.2) is 9.78 Å². The van der Waals surface area contributed by atoms with Crippen molar-refractivity contribution in [2.75, 3.05) is 68.1 Å². The Labute approximate surface area is 395 Å². The summed E-state index contributed by atoms with van der Waals surface area (Å²) in [5.74, 6) is 5.61. The van der Waals surface area contributed by atoms with Crippen molar-refractivity contribution in [3.8, 4) is 46.0 Å². The molecule has 2 atom stereocenters. The van der Waals surface area contributed by atoms with Crippen LogP contribution >= 0.6 is 0 Å². The van der Waals surface area contributed by atoms with Crippen LogP contribution in [0.4, 0.5) is 10.7 Å². The number of H-pyrrole nitrogens is 1. The fourth-order valence-electron chi connectivity index (χ4n) is 9.39. The number of imidazole rings is 1. The van der Waals surface area contributed by atoms with E-state index >= 15 is 0 Å². The number of anilines is 1. The van der Waals surface area contributed by atoms with Gasteiger partial charge in [0, 0.05) is 41.9 Å². The summed E-state index contributed by atoms with van der Waals surface area (Å²) in [6.45, 7) is 1.86. The monoisotopic (exact) mass is 917 g/mol. The van der Waals surface area contributed by atoms with Crippen LogP contribution in [0.5, 0.6) is 46.0 Å². The van der Waals surface area contributed by atoms with Gasteiger partial charge in [0.25, 0.3) is 0 Å². The molecule has 4 aliphatic heterocycles. The average molecular weight is 918 g/mol. The van der Waals surface area contributed by atoms with Gasteiger partial charge in [-0.1, -0.05) is 48.5 Å². The molecule has 7 aromatic rings. The largest absolute Gasteiger partial charge is 0.493 e. The molecule has 0 radical (unpaired) electrons. The highest BCUT2D eigenvalue weighted by Gasteiger charge is 2.35. The molecule has 4 aliphatic rings. The normalized spacial score (nSPS) is 16.3. The summed E-state index contributed by atoms with van der Waals surface area (Å²) in [6, 6.07) is 35.4. The number of ether oxygens (including phenoxy) is 7. The summed E-state index contributed by atoms with van der Waals surface area (Å²) in [4.78, 5) is 35.5. The predicted octanol–water partition coefficient (Wildman–Crippen LogP) is 10.1. The lowest BCUT2D eigenvalue weighted by Gasteiger charge is -2.37. The van der Waals surface area contributed by atoms with Crippen molar-refractivity contribution in [2.45, 2.75) is 37.8 Å². The van der Waals surface area contributed by atoms with Crippen LogP contribution in [0.1, 0.15) is 61.4 Å². The molecule has 68 heavy (non-hydrogen) atoms. The van der Waals surface area contributed by atoms with Gasteiger partial charge in [-0.05, 0) is 128 Å². The van der Waals surface area contributed by atoms with Gasteiger partial charge in [0.15, 0.2) is 40.3 Å². The highest BCUT2D eigenvalue weighted by atomic mass is 16.6. The molecule has 0 aliphatic carbocycles. The Morgan fingerprint density at radius 3 is 2.06 bits per heavy atom. The van der Waals surface area contributed by atoms with E-state index in [0.29, 0.717) is 62.4 Å². The van der Waals surface area contributed by atoms with Crippen LogP contribution in [-0.2, 0) is 30.4 Å². The Hall–Kier alpha value is -7.55. The second-order valence-corrected chi connectivity index (χ2v) is 17.1. The minimum absolute atomic E-state index is 0.000437. The fourth-order valence-corrected chi connectivity index (χ4v) is 9.39. The van der Waals surface area contributed by atoms with E-state index in [9.17, 15) is 9.59 Å². The number of likely N-dealkylation sites (N-methyl/N-ethyl adjacent to an activating group) is 2. The van der Waals surface area contributed by atoms with E-state index in [-0.39, 0.29) is 23.8 Å². The van der Waals surface area contributed by atoms with Crippen molar-refractivity contribution >= 4 is 28.9 Å². The zero-order valence-electron chi connectivity index (χ0n) is 39.3. The Balaban J connectivity index is 0.000000219. The first-order valence-electron chi connectivity index (χ1n) is 22.5. The smallest absolute Gasteiger partial charge is 0.413 e. The molecule has 6 bridgehead atoms. The molecule has 5 heterocycles. The Bertz CT molecular complexity index is 2970. The summed E-state index contributed by atoms with van der Waals surface area (Å²) in [5, 5.41) is 2.45. The number of carbonyl (C=O) groups is 2. The first kappa shape index (κ1) is 45.6. The van der Waals surface area contributed by atoms with Crippen LogP contribution in [-0.4, -0.2) is 94.4 Å². The molecule has 14 heteroatoms. The van der Waals surface area contributed by atoms with E-state index in [2.05, 4.69) is 86.4 Å². The first-order valence-corrected chi connectivity index (χ1v) is 22.5. The molecular weight excluding hydrogens is 863 g/mol. The number of fused-ring (bicyclic) bond motifs is 3. The molecular formula is C54H55N5O9. The number of ketones is 1. The number of hydrogen-bond acceptors (Lipinski definition) is 12. The highest BCUT2D eigenvalue weighted by Crippen LogP contribution is 2.52. The van der Waals surface area contributed by atoms with Crippen LogP contribution in [0, 0.1) is 0 Å². The molecule has 11 rings (SSSR count). The summed E-state index contributed by atoms with van der Waals surface area (Å²) >= 11 is 0. The number of hydrogen-bond donors (Lipinski definition) is 2. The zero-order chi connectivity index (χ0) is 47.5. The van der Waals surface area contributed by atoms with Gasteiger partial charge >= 0.3 is 6.09 Å². The Morgan fingerprint density at radius 2 is 1.34 bits per heavy atom. The lowest BCUT2D eigenvalue weighted by molar-refractivity contribution is 0.103. The number of amides is 1. The third kappa shape index (κ3) is 9.25. The number of carbonyl (C=O) groups excluding carboxylic acids is 2. The third-order valence-corrected chi connectivity index (χ3v) is 13.0. The Morgan fingerprint density at radius 1 is 0.662 bits per heavy atom. The van der Waals surface area contributed by atoms with E-state index in [1.165, 1.54) is 29.4 Å². The van der Waals surface area contributed by atoms with E-state index in [1.54, 1.807) is 58.8 Å². The van der Waals surface area contributed by atoms with E-state index in [1.807, 2.05) is 36.4 Å². The van der Waals surface area contributed by atoms with Gasteiger partial charge in [-0.2, -0.15) is 0 Å². The molecule has 1 amide bonds. The highest BCUT2D eigenvalue weighted by molar-refractivity contribution is 6.10. The van der Waals surface area contributed by atoms with Crippen LogP contribution in [0.2, 0.25) is 0 Å². The number of aromatic nitrogens is 2. The SMILES string of the molecule is COC(=O)Nc1nc2ccc(C(=O)c3ccccc3)cc2[nH]1.COc1ccc2cc1Oc1ccc(cc1)CC1c3cc(c(OC)cc3CCN1C)Oc1c(OC)c(OC)cc3c1C(C2)N(C)CC3. The zero-order valence-corrected chi connectivity index (χ0v) is 39.3. The lowest BCUT2D eigenvalue weighted by Crippen LogP contribution is -2.34. The number of methoxy groups -OCH3 is 5. The summed E-state index contributed by atoms with van der Waals surface area (Å²) < 4.78 is 41.6. The maximum absolute atomic E-state index is 12.4. The molecule has 0 spiro atoms. The quantitative estimate of drug-likeness (QED) is 0.147. The number of nitrogens with one attached hydrogen (secondary N) is 2. The minimum atomic E-state index is -0.611. The lowest BCUT2D eigenvalue weighted by atomic mass is 9.87. The van der Waals surface area contributed by atoms with Gasteiger partial charge in [-0.15, -0.1) is 0 Å². The molecule has 350 valence electrons. The van der Waals surface area contributed by atoms with Crippen molar-refractivity contribution in [1.82, 2.24) is 19.8 Å². The molecule has 6 aromatic carbocycles. The van der Waals surface area contributed by atoms with Crippen molar-refractivity contribution in [2.24, 2.45) is 0 Å². The number of benzene rings is 6. The molecule has 14 nitrogen and oxygen atoms in total. The predicted molar refractivity (Wildman–Crippen MR) is 260 cm³/mol. The third-order valence-electron chi connectivity index (χ3n) is 13.0. The van der Waals surface area contributed by atoms with Gasteiger partial charge in [0.05, 0.1) is 46.6 Å². The maximum Gasteiger partial charge on any atom is 0.413 e. The van der Waals surface area contributed by atoms with E-state index in [0.717, 1.165) is 55.6 Å². The van der Waals surface area contributed by atoms with Crippen LogP contribution in [0.25, 0.3) is 11.0 Å². The molecule has 1 aromatic heterocycles. The summed E-state index contributed by atoms with van der Waals surface area (Å²) in [5.41, 5.74) is 9.63. The first-order chi connectivity index (χ1) is 33.1. The number of aromatic amines is 1. The Kier molecular flexibility index (Phi) is 13.2. The van der Waals surface area contributed by atoms with Crippen molar-refractivity contribution in [1.29, 1.82) is 0 Å². The van der Waals surface area contributed by atoms with Gasteiger partial charge in [0.2, 0.25) is 11.7 Å². The van der Waals surface area contributed by atoms with Crippen molar-refractivity contribution in [3.05, 3.63) is 154 Å². The second kappa shape index (κ2) is 19.7. The molecule has 2 unspecified atom stereocenters. The van der Waals surface area contributed by atoms with E-state index in [4.69, 9.17) is 28.4 Å². The number of nitrogens with zero attached hydrogens (tertiary/aromatic N) is 3. The molecule has 0 saturated carbocycles. The molecule has 0 fully saturated rings. The van der Waals surface area contributed by atoms with E-state index < -0.39 is 6.09 Å². The molecule has 2 N–H and O–H groups in total. The fraction of sp³-hybridized carbons (Fsp3) is 0.278. The summed E-state index contributed by atoms with van der Waals surface area (Å²) in [7, 11) is 12.4. The second-order valence-electron chi connectivity index (χ2n) is 17.1. The van der Waals surface area contributed by atoms with Gasteiger partial charge in [0.1, 0.15) is 5.75 Å². The average Bonchev–Trinajstić information content (AvgIpc) is 3.77. The topological polar surface area (TPSA) is 146 Å².